The van der Waals surface area contributed by atoms with Crippen molar-refractivity contribution in [3.8, 4) is 0 Å². The van der Waals surface area contributed by atoms with Gasteiger partial charge in [0, 0.05) is 18.5 Å². The zero-order valence-corrected chi connectivity index (χ0v) is 10.9. The van der Waals surface area contributed by atoms with Crippen molar-refractivity contribution < 1.29 is 27.9 Å². The van der Waals surface area contributed by atoms with E-state index in [0.29, 0.717) is 11.3 Å². The van der Waals surface area contributed by atoms with Gasteiger partial charge in [-0.3, -0.25) is 9.59 Å². The highest BCUT2D eigenvalue weighted by atomic mass is 19.4. The number of aliphatic hydroxyl groups excluding tert-OH is 1. The molecule has 2 amide bonds. The van der Waals surface area contributed by atoms with Gasteiger partial charge >= 0.3 is 12.1 Å². The first-order chi connectivity index (χ1) is 9.29. The van der Waals surface area contributed by atoms with Crippen molar-refractivity contribution in [1.82, 2.24) is 10.2 Å². The lowest BCUT2D eigenvalue weighted by molar-refractivity contribution is -0.186. The van der Waals surface area contributed by atoms with E-state index in [1.165, 1.54) is 0 Å². The predicted octanol–water partition coefficient (Wildman–Crippen LogP) is 0.428. The molecule has 0 aromatic carbocycles. The van der Waals surface area contributed by atoms with Crippen LogP contribution in [-0.2, 0) is 9.59 Å². The summed E-state index contributed by atoms with van der Waals surface area (Å²) < 4.78 is 37.3. The van der Waals surface area contributed by atoms with Crippen LogP contribution in [0.5, 0.6) is 0 Å². The molecule has 8 heteroatoms. The minimum atomic E-state index is -4.95. The summed E-state index contributed by atoms with van der Waals surface area (Å²) in [7, 11) is 0. The molecular weight excluding hydrogens is 277 g/mol. The lowest BCUT2D eigenvalue weighted by atomic mass is 10.1. The first kappa shape index (κ1) is 15.1. The minimum Gasteiger partial charge on any atom is -0.396 e. The Bertz CT molecular complexity index is 407. The molecule has 2 fully saturated rings. The largest absolute Gasteiger partial charge is 0.471 e. The molecule has 0 spiro atoms. The Kier molecular flexibility index (Phi) is 3.95. The summed E-state index contributed by atoms with van der Waals surface area (Å²) in [6, 6.07) is -1.06. The molecule has 5 nitrogen and oxygen atoms in total. The van der Waals surface area contributed by atoms with Gasteiger partial charge in [0.15, 0.2) is 0 Å². The first-order valence-corrected chi connectivity index (χ1v) is 6.55. The standard InChI is InChI=1S/C12H17F3N2O3/c13-12(14,15)10(20)17-5-1-2-8(17)9(19)16-6-11(7-18)3-4-11/h8,18H,1-7H2,(H,16,19). The number of alkyl halides is 3. The third kappa shape index (κ3) is 3.05. The monoisotopic (exact) mass is 294 g/mol. The quantitative estimate of drug-likeness (QED) is 0.790. The molecule has 0 aromatic heterocycles. The topological polar surface area (TPSA) is 69.6 Å². The van der Waals surface area contributed by atoms with Gasteiger partial charge in [-0.15, -0.1) is 0 Å². The molecule has 1 unspecified atom stereocenters. The van der Waals surface area contributed by atoms with Crippen molar-refractivity contribution in [2.45, 2.75) is 37.9 Å². The van der Waals surface area contributed by atoms with E-state index in [1.807, 2.05) is 0 Å². The van der Waals surface area contributed by atoms with Crippen LogP contribution in [0.4, 0.5) is 13.2 Å². The Morgan fingerprint density at radius 2 is 2.00 bits per heavy atom. The van der Waals surface area contributed by atoms with Crippen LogP contribution in [0.3, 0.4) is 0 Å². The van der Waals surface area contributed by atoms with E-state index in [9.17, 15) is 22.8 Å². The van der Waals surface area contributed by atoms with Gasteiger partial charge in [-0.25, -0.2) is 0 Å². The molecule has 1 heterocycles. The molecule has 0 aromatic rings. The number of halogens is 3. The second-order valence-electron chi connectivity index (χ2n) is 5.53. The molecule has 0 radical (unpaired) electrons. The molecular formula is C12H17F3N2O3. The lowest BCUT2D eigenvalue weighted by Crippen LogP contribution is -2.51. The Morgan fingerprint density at radius 1 is 1.35 bits per heavy atom. The fourth-order valence-electron chi connectivity index (χ4n) is 2.41. The number of aliphatic hydroxyl groups is 1. The van der Waals surface area contributed by atoms with E-state index in [4.69, 9.17) is 5.11 Å². The van der Waals surface area contributed by atoms with Crippen LogP contribution >= 0.6 is 0 Å². The van der Waals surface area contributed by atoms with Gasteiger partial charge in [-0.1, -0.05) is 0 Å². The molecule has 2 N–H and O–H groups in total. The summed E-state index contributed by atoms with van der Waals surface area (Å²) in [5.74, 6) is -2.53. The van der Waals surface area contributed by atoms with E-state index in [0.717, 1.165) is 12.8 Å². The Hall–Kier alpha value is -1.31. The van der Waals surface area contributed by atoms with Crippen LogP contribution < -0.4 is 5.32 Å². The molecule has 2 aliphatic rings. The van der Waals surface area contributed by atoms with Gasteiger partial charge in [-0.2, -0.15) is 13.2 Å². The average Bonchev–Trinajstić information content (AvgIpc) is 3.01. The van der Waals surface area contributed by atoms with E-state index in [-0.39, 0.29) is 31.5 Å². The van der Waals surface area contributed by atoms with Gasteiger partial charge in [-0.05, 0) is 25.7 Å². The molecule has 1 atom stereocenters. The summed E-state index contributed by atoms with van der Waals surface area (Å²) in [4.78, 5) is 23.7. The number of hydrogen-bond donors (Lipinski definition) is 2. The maximum absolute atomic E-state index is 12.4. The van der Waals surface area contributed by atoms with Gasteiger partial charge in [0.1, 0.15) is 6.04 Å². The SMILES string of the molecule is O=C(NCC1(CO)CC1)C1CCCN1C(=O)C(F)(F)F. The number of nitrogens with zero attached hydrogens (tertiary/aromatic N) is 1. The second kappa shape index (κ2) is 5.23. The third-order valence-corrected chi connectivity index (χ3v) is 3.99. The van der Waals surface area contributed by atoms with E-state index in [1.54, 1.807) is 0 Å². The number of rotatable bonds is 4. The minimum absolute atomic E-state index is 0.0524. The number of likely N-dealkylation sites (tertiary alicyclic amines) is 1. The summed E-state index contributed by atoms with van der Waals surface area (Å²) in [5.41, 5.74) is -0.312. The molecule has 0 bridgehead atoms. The highest BCUT2D eigenvalue weighted by molar-refractivity contribution is 5.90. The average molecular weight is 294 g/mol. The van der Waals surface area contributed by atoms with Gasteiger partial charge < -0.3 is 15.3 Å². The second-order valence-corrected chi connectivity index (χ2v) is 5.53. The van der Waals surface area contributed by atoms with Crippen molar-refractivity contribution in [1.29, 1.82) is 0 Å². The van der Waals surface area contributed by atoms with Crippen LogP contribution in [0.15, 0.2) is 0 Å². The molecule has 1 aliphatic heterocycles. The van der Waals surface area contributed by atoms with Crippen LogP contribution in [0.1, 0.15) is 25.7 Å². The maximum Gasteiger partial charge on any atom is 0.471 e. The third-order valence-electron chi connectivity index (χ3n) is 3.99. The zero-order valence-electron chi connectivity index (χ0n) is 10.9. The fraction of sp³-hybridized carbons (Fsp3) is 0.833. The molecule has 2 rings (SSSR count). The normalized spacial score (nSPS) is 24.6. The van der Waals surface area contributed by atoms with Crippen LogP contribution in [0.2, 0.25) is 0 Å². The van der Waals surface area contributed by atoms with Crippen molar-refractivity contribution in [2.75, 3.05) is 19.7 Å². The number of amides is 2. The van der Waals surface area contributed by atoms with Gasteiger partial charge in [0.2, 0.25) is 5.91 Å². The van der Waals surface area contributed by atoms with Crippen LogP contribution in [0, 0.1) is 5.41 Å². The summed E-state index contributed by atoms with van der Waals surface area (Å²) in [6.45, 7) is 0.137. The Labute approximate surface area is 114 Å². The molecule has 1 saturated heterocycles. The maximum atomic E-state index is 12.4. The first-order valence-electron chi connectivity index (χ1n) is 6.55. The summed E-state index contributed by atoms with van der Waals surface area (Å²) in [5, 5.41) is 11.7. The van der Waals surface area contributed by atoms with Crippen molar-refractivity contribution in [2.24, 2.45) is 5.41 Å². The van der Waals surface area contributed by atoms with Gasteiger partial charge in [0.05, 0.1) is 6.61 Å². The van der Waals surface area contributed by atoms with Gasteiger partial charge in [0.25, 0.3) is 0 Å². The van der Waals surface area contributed by atoms with Crippen LogP contribution in [0.25, 0.3) is 0 Å². The van der Waals surface area contributed by atoms with E-state index >= 15 is 0 Å². The molecule has 114 valence electrons. The van der Waals surface area contributed by atoms with E-state index in [2.05, 4.69) is 5.32 Å². The summed E-state index contributed by atoms with van der Waals surface area (Å²) in [6.07, 6.45) is -2.75. The van der Waals surface area contributed by atoms with Crippen molar-refractivity contribution in [3.63, 3.8) is 0 Å². The zero-order chi connectivity index (χ0) is 15.0. The number of carbonyl (C=O) groups excluding carboxylic acids is 2. The molecule has 1 saturated carbocycles. The van der Waals surface area contributed by atoms with Crippen LogP contribution in [-0.4, -0.2) is 53.7 Å². The van der Waals surface area contributed by atoms with Crippen molar-refractivity contribution >= 4 is 11.8 Å². The Balaban J connectivity index is 1.93. The number of hydrogen-bond acceptors (Lipinski definition) is 3. The Morgan fingerprint density at radius 3 is 2.50 bits per heavy atom. The summed E-state index contributed by atoms with van der Waals surface area (Å²) >= 11 is 0. The number of nitrogens with one attached hydrogen (secondary N) is 1. The number of carbonyl (C=O) groups is 2. The smallest absolute Gasteiger partial charge is 0.396 e. The molecule has 20 heavy (non-hydrogen) atoms. The molecule has 1 aliphatic carbocycles. The fourth-order valence-corrected chi connectivity index (χ4v) is 2.41. The van der Waals surface area contributed by atoms with Crippen molar-refractivity contribution in [3.05, 3.63) is 0 Å². The highest BCUT2D eigenvalue weighted by Gasteiger charge is 2.48. The van der Waals surface area contributed by atoms with E-state index < -0.39 is 24.0 Å². The highest BCUT2D eigenvalue weighted by Crippen LogP contribution is 2.44. The predicted molar refractivity (Wildman–Crippen MR) is 62.6 cm³/mol. The lowest BCUT2D eigenvalue weighted by Gasteiger charge is -2.25.